The molecule has 1 aliphatic carbocycles. The summed E-state index contributed by atoms with van der Waals surface area (Å²) in [4.78, 5) is 0. The SMILES string of the molecule is COC1(CN)CCCc2cc(C)ccc21. The number of rotatable bonds is 2. The normalized spacial score (nSPS) is 25.0. The summed E-state index contributed by atoms with van der Waals surface area (Å²) >= 11 is 0. The first-order valence-corrected chi connectivity index (χ1v) is 5.57. The molecule has 0 heterocycles. The van der Waals surface area contributed by atoms with Crippen molar-refractivity contribution in [2.45, 2.75) is 31.8 Å². The van der Waals surface area contributed by atoms with E-state index in [9.17, 15) is 0 Å². The van der Waals surface area contributed by atoms with Crippen LogP contribution in [0.5, 0.6) is 0 Å². The average molecular weight is 205 g/mol. The fraction of sp³-hybridized carbons (Fsp3) is 0.538. The number of hydrogen-bond acceptors (Lipinski definition) is 2. The second kappa shape index (κ2) is 3.95. The highest BCUT2D eigenvalue weighted by Gasteiger charge is 2.35. The van der Waals surface area contributed by atoms with Gasteiger partial charge in [-0.15, -0.1) is 0 Å². The van der Waals surface area contributed by atoms with E-state index in [0.29, 0.717) is 6.54 Å². The van der Waals surface area contributed by atoms with Gasteiger partial charge in [-0.25, -0.2) is 0 Å². The van der Waals surface area contributed by atoms with Crippen molar-refractivity contribution < 1.29 is 4.74 Å². The number of fused-ring (bicyclic) bond motifs is 1. The first-order valence-electron chi connectivity index (χ1n) is 5.57. The summed E-state index contributed by atoms with van der Waals surface area (Å²) in [5.41, 5.74) is 9.67. The van der Waals surface area contributed by atoms with Crippen molar-refractivity contribution in [1.82, 2.24) is 0 Å². The summed E-state index contributed by atoms with van der Waals surface area (Å²) < 4.78 is 5.67. The molecule has 2 rings (SSSR count). The molecule has 2 N–H and O–H groups in total. The molecule has 0 radical (unpaired) electrons. The minimum Gasteiger partial charge on any atom is -0.372 e. The van der Waals surface area contributed by atoms with Crippen LogP contribution in [0.3, 0.4) is 0 Å². The molecule has 0 saturated heterocycles. The number of methoxy groups -OCH3 is 1. The Balaban J connectivity index is 2.50. The van der Waals surface area contributed by atoms with Crippen LogP contribution in [0.1, 0.15) is 29.5 Å². The van der Waals surface area contributed by atoms with E-state index in [2.05, 4.69) is 25.1 Å². The Bertz CT molecular complexity index is 356. The predicted octanol–water partition coefficient (Wildman–Crippen LogP) is 2.13. The van der Waals surface area contributed by atoms with Crippen LogP contribution in [-0.4, -0.2) is 13.7 Å². The molecule has 1 aromatic carbocycles. The lowest BCUT2D eigenvalue weighted by Gasteiger charge is -2.37. The van der Waals surface area contributed by atoms with Gasteiger partial charge in [-0.3, -0.25) is 0 Å². The average Bonchev–Trinajstić information content (AvgIpc) is 2.27. The van der Waals surface area contributed by atoms with Crippen LogP contribution in [0.2, 0.25) is 0 Å². The maximum absolute atomic E-state index is 5.88. The Labute approximate surface area is 91.4 Å². The van der Waals surface area contributed by atoms with E-state index in [0.717, 1.165) is 12.8 Å². The summed E-state index contributed by atoms with van der Waals surface area (Å²) in [6, 6.07) is 6.59. The summed E-state index contributed by atoms with van der Waals surface area (Å²) in [6.07, 6.45) is 3.36. The number of hydrogen-bond donors (Lipinski definition) is 1. The van der Waals surface area contributed by atoms with Crippen LogP contribution in [0, 0.1) is 6.92 Å². The molecule has 0 fully saturated rings. The smallest absolute Gasteiger partial charge is 0.105 e. The van der Waals surface area contributed by atoms with E-state index in [1.807, 2.05) is 0 Å². The van der Waals surface area contributed by atoms with E-state index < -0.39 is 0 Å². The zero-order valence-electron chi connectivity index (χ0n) is 9.55. The Morgan fingerprint density at radius 2 is 2.27 bits per heavy atom. The van der Waals surface area contributed by atoms with Gasteiger partial charge in [-0.1, -0.05) is 23.8 Å². The highest BCUT2D eigenvalue weighted by atomic mass is 16.5. The lowest BCUT2D eigenvalue weighted by Crippen LogP contribution is -2.40. The predicted molar refractivity (Wildman–Crippen MR) is 61.9 cm³/mol. The molecule has 1 aromatic rings. The Kier molecular flexibility index (Phi) is 2.81. The topological polar surface area (TPSA) is 35.2 Å². The molecular weight excluding hydrogens is 186 g/mol. The molecule has 82 valence electrons. The van der Waals surface area contributed by atoms with Crippen LogP contribution < -0.4 is 5.73 Å². The lowest BCUT2D eigenvalue weighted by molar-refractivity contribution is -0.0211. The maximum atomic E-state index is 5.88. The molecule has 2 nitrogen and oxygen atoms in total. The summed E-state index contributed by atoms with van der Waals surface area (Å²) in [6.45, 7) is 2.70. The quantitative estimate of drug-likeness (QED) is 0.802. The van der Waals surface area contributed by atoms with Crippen LogP contribution >= 0.6 is 0 Å². The van der Waals surface area contributed by atoms with Crippen LogP contribution in [0.15, 0.2) is 18.2 Å². The van der Waals surface area contributed by atoms with Gasteiger partial charge in [0.05, 0.1) is 0 Å². The molecule has 1 unspecified atom stereocenters. The fourth-order valence-electron chi connectivity index (χ4n) is 2.58. The Morgan fingerprint density at radius 1 is 1.47 bits per heavy atom. The second-order valence-electron chi connectivity index (χ2n) is 4.42. The Morgan fingerprint density at radius 3 is 2.93 bits per heavy atom. The first kappa shape index (κ1) is 10.7. The summed E-state index contributed by atoms with van der Waals surface area (Å²) in [7, 11) is 1.77. The zero-order chi connectivity index (χ0) is 10.9. The van der Waals surface area contributed by atoms with Crippen molar-refractivity contribution in [2.24, 2.45) is 5.73 Å². The molecule has 0 aromatic heterocycles. The number of ether oxygens (including phenoxy) is 1. The molecule has 0 bridgehead atoms. The third kappa shape index (κ3) is 1.68. The van der Waals surface area contributed by atoms with Gasteiger partial charge < -0.3 is 10.5 Å². The van der Waals surface area contributed by atoms with E-state index in [4.69, 9.17) is 10.5 Å². The van der Waals surface area contributed by atoms with E-state index in [1.54, 1.807) is 7.11 Å². The zero-order valence-corrected chi connectivity index (χ0v) is 9.55. The van der Waals surface area contributed by atoms with Crippen molar-refractivity contribution in [1.29, 1.82) is 0 Å². The molecular formula is C13H19NO. The van der Waals surface area contributed by atoms with Crippen molar-refractivity contribution in [3.8, 4) is 0 Å². The number of aryl methyl sites for hydroxylation is 2. The van der Waals surface area contributed by atoms with Gasteiger partial charge in [-0.2, -0.15) is 0 Å². The van der Waals surface area contributed by atoms with Gasteiger partial charge in [0.25, 0.3) is 0 Å². The largest absolute Gasteiger partial charge is 0.372 e. The Hall–Kier alpha value is -0.860. The number of benzene rings is 1. The van der Waals surface area contributed by atoms with E-state index >= 15 is 0 Å². The van der Waals surface area contributed by atoms with Gasteiger partial charge >= 0.3 is 0 Å². The van der Waals surface area contributed by atoms with Gasteiger partial charge in [0.2, 0.25) is 0 Å². The number of nitrogens with two attached hydrogens (primary N) is 1. The van der Waals surface area contributed by atoms with Crippen molar-refractivity contribution >= 4 is 0 Å². The third-order valence-electron chi connectivity index (χ3n) is 3.50. The van der Waals surface area contributed by atoms with E-state index in [1.165, 1.54) is 23.1 Å². The van der Waals surface area contributed by atoms with Gasteiger partial charge in [0, 0.05) is 13.7 Å². The summed E-state index contributed by atoms with van der Waals surface area (Å²) in [5, 5.41) is 0. The molecule has 0 amide bonds. The standard InChI is InChI=1S/C13H19NO/c1-10-5-6-12-11(8-10)4-3-7-13(12,9-14)15-2/h5-6,8H,3-4,7,9,14H2,1-2H3. The third-order valence-corrected chi connectivity index (χ3v) is 3.50. The molecule has 2 heteroatoms. The minimum atomic E-state index is -0.235. The van der Waals surface area contributed by atoms with Gasteiger partial charge in [0.15, 0.2) is 0 Å². The lowest BCUT2D eigenvalue weighted by atomic mass is 9.78. The van der Waals surface area contributed by atoms with Crippen LogP contribution in [0.25, 0.3) is 0 Å². The van der Waals surface area contributed by atoms with Gasteiger partial charge in [-0.05, 0) is 37.3 Å². The molecule has 1 aliphatic rings. The fourth-order valence-corrected chi connectivity index (χ4v) is 2.58. The molecule has 0 saturated carbocycles. The molecule has 1 atom stereocenters. The molecule has 15 heavy (non-hydrogen) atoms. The van der Waals surface area contributed by atoms with Crippen molar-refractivity contribution in [3.63, 3.8) is 0 Å². The van der Waals surface area contributed by atoms with Gasteiger partial charge in [0.1, 0.15) is 5.60 Å². The van der Waals surface area contributed by atoms with Crippen molar-refractivity contribution in [3.05, 3.63) is 34.9 Å². The van der Waals surface area contributed by atoms with E-state index in [-0.39, 0.29) is 5.60 Å². The monoisotopic (exact) mass is 205 g/mol. The molecule has 0 spiro atoms. The van der Waals surface area contributed by atoms with Crippen LogP contribution in [0.4, 0.5) is 0 Å². The second-order valence-corrected chi connectivity index (χ2v) is 4.42. The van der Waals surface area contributed by atoms with Crippen LogP contribution in [-0.2, 0) is 16.8 Å². The molecule has 0 aliphatic heterocycles. The highest BCUT2D eigenvalue weighted by molar-refractivity contribution is 5.38. The first-order chi connectivity index (χ1) is 7.22. The van der Waals surface area contributed by atoms with Crippen molar-refractivity contribution in [2.75, 3.05) is 13.7 Å². The summed E-state index contributed by atoms with van der Waals surface area (Å²) in [5.74, 6) is 0. The maximum Gasteiger partial charge on any atom is 0.105 e. The minimum absolute atomic E-state index is 0.235. The highest BCUT2D eigenvalue weighted by Crippen LogP contribution is 2.37.